The smallest absolute Gasteiger partial charge is 0.163 e. The Morgan fingerprint density at radius 2 is 2.17 bits per heavy atom. The molecule has 0 bridgehead atoms. The predicted molar refractivity (Wildman–Crippen MR) is 50.5 cm³/mol. The van der Waals surface area contributed by atoms with E-state index in [4.69, 9.17) is 11.6 Å². The van der Waals surface area contributed by atoms with Gasteiger partial charge in [0, 0.05) is 6.20 Å². The summed E-state index contributed by atoms with van der Waals surface area (Å²) in [6, 6.07) is 1.88. The van der Waals surface area contributed by atoms with Crippen LogP contribution < -0.4 is 17.0 Å². The van der Waals surface area contributed by atoms with E-state index >= 15 is 0 Å². The number of pyridine rings is 1. The summed E-state index contributed by atoms with van der Waals surface area (Å²) in [6.45, 7) is 4.18. The highest BCUT2D eigenvalue weighted by molar-refractivity contribution is 5.61. The minimum absolute atomic E-state index is 0.437. The molecule has 4 nitrogen and oxygen atoms in total. The van der Waals surface area contributed by atoms with Gasteiger partial charge in [0.05, 0.1) is 5.69 Å². The molecule has 0 aliphatic rings. The molecule has 0 atom stereocenters. The summed E-state index contributed by atoms with van der Waals surface area (Å²) in [6.07, 6.45) is 1.77. The van der Waals surface area contributed by atoms with Crippen LogP contribution in [-0.4, -0.2) is 4.98 Å². The number of nitrogen functional groups attached to an aromatic ring is 2. The van der Waals surface area contributed by atoms with Crippen molar-refractivity contribution in [2.24, 2.45) is 5.84 Å². The maximum atomic E-state index is 5.66. The number of rotatable bonds is 2. The van der Waals surface area contributed by atoms with Crippen LogP contribution in [0.2, 0.25) is 0 Å². The van der Waals surface area contributed by atoms with E-state index < -0.39 is 0 Å². The number of nitrogens with one attached hydrogen (secondary N) is 1. The molecule has 0 unspecified atom stereocenters. The van der Waals surface area contributed by atoms with Crippen LogP contribution in [0.5, 0.6) is 0 Å². The van der Waals surface area contributed by atoms with E-state index in [1.807, 2.05) is 6.07 Å². The number of hydrogen-bond acceptors (Lipinski definition) is 4. The van der Waals surface area contributed by atoms with Crippen molar-refractivity contribution in [3.8, 4) is 0 Å². The minimum atomic E-state index is 0.437. The molecule has 0 radical (unpaired) electrons. The molecule has 0 aliphatic carbocycles. The summed E-state index contributed by atoms with van der Waals surface area (Å²) in [7, 11) is 0. The van der Waals surface area contributed by atoms with Crippen molar-refractivity contribution in [2.45, 2.75) is 19.8 Å². The van der Waals surface area contributed by atoms with Gasteiger partial charge < -0.3 is 11.2 Å². The van der Waals surface area contributed by atoms with Gasteiger partial charge in [0.15, 0.2) is 5.82 Å². The highest BCUT2D eigenvalue weighted by atomic mass is 15.3. The molecule has 0 fully saturated rings. The zero-order chi connectivity index (χ0) is 9.14. The van der Waals surface area contributed by atoms with Crippen molar-refractivity contribution in [3.63, 3.8) is 0 Å². The quantitative estimate of drug-likeness (QED) is 0.453. The van der Waals surface area contributed by atoms with Crippen LogP contribution >= 0.6 is 0 Å². The summed E-state index contributed by atoms with van der Waals surface area (Å²) in [4.78, 5) is 4.06. The van der Waals surface area contributed by atoms with Crippen LogP contribution in [0.1, 0.15) is 25.3 Å². The first-order valence-electron chi connectivity index (χ1n) is 3.87. The number of nitrogens with zero attached hydrogens (tertiary/aromatic N) is 1. The number of anilines is 2. The SMILES string of the molecule is CC(C)c1cnc(NN)c(N)c1. The lowest BCUT2D eigenvalue weighted by Gasteiger charge is -2.08. The maximum Gasteiger partial charge on any atom is 0.163 e. The Labute approximate surface area is 71.9 Å². The van der Waals surface area contributed by atoms with Crippen molar-refractivity contribution < 1.29 is 0 Å². The second-order valence-corrected chi connectivity index (χ2v) is 3.01. The van der Waals surface area contributed by atoms with Gasteiger partial charge in [-0.25, -0.2) is 10.8 Å². The Hall–Kier alpha value is -1.29. The molecule has 1 aromatic heterocycles. The van der Waals surface area contributed by atoms with E-state index in [9.17, 15) is 0 Å². The van der Waals surface area contributed by atoms with E-state index in [0.29, 0.717) is 17.4 Å². The van der Waals surface area contributed by atoms with Gasteiger partial charge in [-0.15, -0.1) is 0 Å². The lowest BCUT2D eigenvalue weighted by atomic mass is 10.1. The third kappa shape index (κ3) is 1.65. The third-order valence-corrected chi connectivity index (χ3v) is 1.74. The summed E-state index contributed by atoms with van der Waals surface area (Å²) < 4.78 is 0. The predicted octanol–water partition coefficient (Wildman–Crippen LogP) is 1.07. The fourth-order valence-electron chi connectivity index (χ4n) is 0.935. The monoisotopic (exact) mass is 166 g/mol. The average Bonchev–Trinajstić information content (AvgIpc) is 2.04. The van der Waals surface area contributed by atoms with Crippen molar-refractivity contribution in [2.75, 3.05) is 11.2 Å². The summed E-state index contributed by atoms with van der Waals surface area (Å²) >= 11 is 0. The standard InChI is InChI=1S/C8H14N4/c1-5(2)6-3-7(9)8(12-10)11-4-6/h3-5H,9-10H2,1-2H3,(H,11,12). The van der Waals surface area contributed by atoms with E-state index in [2.05, 4.69) is 24.3 Å². The minimum Gasteiger partial charge on any atom is -0.396 e. The maximum absolute atomic E-state index is 5.66. The summed E-state index contributed by atoms with van der Waals surface area (Å²) in [5.41, 5.74) is 9.79. The Kier molecular flexibility index (Phi) is 2.50. The first-order chi connectivity index (χ1) is 5.65. The van der Waals surface area contributed by atoms with Gasteiger partial charge in [0.1, 0.15) is 0 Å². The van der Waals surface area contributed by atoms with Crippen LogP contribution in [0.25, 0.3) is 0 Å². The molecule has 66 valence electrons. The van der Waals surface area contributed by atoms with Gasteiger partial charge in [-0.05, 0) is 17.5 Å². The fourth-order valence-corrected chi connectivity index (χ4v) is 0.935. The number of nitrogens with two attached hydrogens (primary N) is 2. The van der Waals surface area contributed by atoms with Crippen molar-refractivity contribution >= 4 is 11.5 Å². The van der Waals surface area contributed by atoms with Gasteiger partial charge in [0.25, 0.3) is 0 Å². The van der Waals surface area contributed by atoms with E-state index in [1.165, 1.54) is 0 Å². The second kappa shape index (κ2) is 3.40. The Morgan fingerprint density at radius 3 is 2.58 bits per heavy atom. The van der Waals surface area contributed by atoms with E-state index in [0.717, 1.165) is 5.56 Å². The molecular weight excluding hydrogens is 152 g/mol. The molecule has 0 amide bonds. The summed E-state index contributed by atoms with van der Waals surface area (Å²) in [5.74, 6) is 6.15. The first kappa shape index (κ1) is 8.80. The molecule has 12 heavy (non-hydrogen) atoms. The van der Waals surface area contributed by atoms with Gasteiger partial charge >= 0.3 is 0 Å². The van der Waals surface area contributed by atoms with Gasteiger partial charge in [-0.1, -0.05) is 13.8 Å². The molecule has 4 heteroatoms. The Bertz CT molecular complexity index is 270. The van der Waals surface area contributed by atoms with Crippen LogP contribution in [-0.2, 0) is 0 Å². The second-order valence-electron chi connectivity index (χ2n) is 3.01. The fraction of sp³-hybridized carbons (Fsp3) is 0.375. The molecule has 0 aliphatic heterocycles. The topological polar surface area (TPSA) is 77.0 Å². The van der Waals surface area contributed by atoms with Crippen LogP contribution in [0.3, 0.4) is 0 Å². The molecule has 1 aromatic rings. The number of hydrogen-bond donors (Lipinski definition) is 3. The zero-order valence-corrected chi connectivity index (χ0v) is 7.33. The van der Waals surface area contributed by atoms with E-state index in [-0.39, 0.29) is 0 Å². The highest BCUT2D eigenvalue weighted by Gasteiger charge is 2.03. The van der Waals surface area contributed by atoms with Gasteiger partial charge in [0.2, 0.25) is 0 Å². The molecule has 0 saturated heterocycles. The van der Waals surface area contributed by atoms with Gasteiger partial charge in [-0.3, -0.25) is 0 Å². The molecular formula is C8H14N4. The largest absolute Gasteiger partial charge is 0.396 e. The van der Waals surface area contributed by atoms with Crippen molar-refractivity contribution in [1.29, 1.82) is 0 Å². The van der Waals surface area contributed by atoms with Crippen LogP contribution in [0, 0.1) is 0 Å². The van der Waals surface area contributed by atoms with Crippen molar-refractivity contribution in [1.82, 2.24) is 4.98 Å². The van der Waals surface area contributed by atoms with E-state index in [1.54, 1.807) is 6.20 Å². The first-order valence-corrected chi connectivity index (χ1v) is 3.87. The van der Waals surface area contributed by atoms with Crippen molar-refractivity contribution in [3.05, 3.63) is 17.8 Å². The third-order valence-electron chi connectivity index (χ3n) is 1.74. The lowest BCUT2D eigenvalue weighted by molar-refractivity contribution is 0.859. The lowest BCUT2D eigenvalue weighted by Crippen LogP contribution is -2.11. The number of aromatic nitrogens is 1. The molecule has 5 N–H and O–H groups in total. The summed E-state index contributed by atoms with van der Waals surface area (Å²) in [5, 5.41) is 0. The molecule has 1 rings (SSSR count). The average molecular weight is 166 g/mol. The molecule has 0 saturated carbocycles. The molecule has 0 spiro atoms. The molecule has 1 heterocycles. The number of hydrazine groups is 1. The van der Waals surface area contributed by atoms with Gasteiger partial charge in [-0.2, -0.15) is 0 Å². The van der Waals surface area contributed by atoms with Crippen LogP contribution in [0.4, 0.5) is 11.5 Å². The zero-order valence-electron chi connectivity index (χ0n) is 7.33. The molecule has 0 aromatic carbocycles. The van der Waals surface area contributed by atoms with Crippen LogP contribution in [0.15, 0.2) is 12.3 Å². The Balaban J connectivity index is 3.02. The Morgan fingerprint density at radius 1 is 1.50 bits per heavy atom. The normalized spacial score (nSPS) is 10.3. The highest BCUT2D eigenvalue weighted by Crippen LogP contribution is 2.20.